The molecule has 1 rings (SSSR count). The molecule has 0 saturated carbocycles. The standard InChI is InChI=1S/C14H18N2O2/c1-5-18-14(17)10(2)11(3)16-12(4)13-7-6-8-15-9-13/h6-9H,5H2,1-4H3/b11-10+,16-12?. The van der Waals surface area contributed by atoms with Gasteiger partial charge in [0, 0.05) is 29.4 Å². The minimum absolute atomic E-state index is 0.322. The number of aliphatic imine (C=N–C) groups is 1. The molecule has 0 fully saturated rings. The summed E-state index contributed by atoms with van der Waals surface area (Å²) in [5.41, 5.74) is 2.95. The number of ether oxygens (including phenoxy) is 1. The molecule has 18 heavy (non-hydrogen) atoms. The van der Waals surface area contributed by atoms with E-state index in [9.17, 15) is 4.79 Å². The van der Waals surface area contributed by atoms with E-state index in [0.29, 0.717) is 17.9 Å². The van der Waals surface area contributed by atoms with Gasteiger partial charge in [0.25, 0.3) is 0 Å². The summed E-state index contributed by atoms with van der Waals surface area (Å²) >= 11 is 0. The smallest absolute Gasteiger partial charge is 0.335 e. The normalized spacial score (nSPS) is 13.0. The van der Waals surface area contributed by atoms with Crippen molar-refractivity contribution in [1.82, 2.24) is 4.98 Å². The second-order valence-corrected chi connectivity index (χ2v) is 3.87. The Morgan fingerprint density at radius 1 is 1.39 bits per heavy atom. The molecule has 0 bridgehead atoms. The monoisotopic (exact) mass is 246 g/mol. The highest BCUT2D eigenvalue weighted by molar-refractivity contribution is 5.99. The van der Waals surface area contributed by atoms with E-state index >= 15 is 0 Å². The van der Waals surface area contributed by atoms with Crippen LogP contribution in [0, 0.1) is 0 Å². The van der Waals surface area contributed by atoms with Gasteiger partial charge in [0.05, 0.1) is 12.2 Å². The van der Waals surface area contributed by atoms with Gasteiger partial charge >= 0.3 is 5.97 Å². The maximum absolute atomic E-state index is 11.5. The average Bonchev–Trinajstić information content (AvgIpc) is 2.39. The molecular formula is C14H18N2O2. The van der Waals surface area contributed by atoms with Crippen LogP contribution in [-0.4, -0.2) is 23.3 Å². The summed E-state index contributed by atoms with van der Waals surface area (Å²) in [5, 5.41) is 0. The van der Waals surface area contributed by atoms with Gasteiger partial charge in [0.1, 0.15) is 0 Å². The summed E-state index contributed by atoms with van der Waals surface area (Å²) in [6.45, 7) is 7.55. The van der Waals surface area contributed by atoms with Crippen molar-refractivity contribution in [3.8, 4) is 0 Å². The van der Waals surface area contributed by atoms with Crippen molar-refractivity contribution in [3.63, 3.8) is 0 Å². The lowest BCUT2D eigenvalue weighted by molar-refractivity contribution is -0.138. The van der Waals surface area contributed by atoms with E-state index in [1.807, 2.05) is 19.1 Å². The molecule has 0 aliphatic carbocycles. The Morgan fingerprint density at radius 3 is 2.67 bits per heavy atom. The van der Waals surface area contributed by atoms with E-state index in [-0.39, 0.29) is 5.97 Å². The Labute approximate surface area is 107 Å². The number of hydrogen-bond donors (Lipinski definition) is 0. The zero-order valence-electron chi connectivity index (χ0n) is 11.2. The van der Waals surface area contributed by atoms with Crippen LogP contribution in [0.4, 0.5) is 0 Å². The van der Waals surface area contributed by atoms with Gasteiger partial charge in [-0.25, -0.2) is 4.79 Å². The minimum Gasteiger partial charge on any atom is -0.463 e. The molecule has 0 aromatic carbocycles. The van der Waals surface area contributed by atoms with Gasteiger partial charge in [-0.2, -0.15) is 0 Å². The maximum atomic E-state index is 11.5. The summed E-state index contributed by atoms with van der Waals surface area (Å²) in [6, 6.07) is 3.78. The van der Waals surface area contributed by atoms with E-state index in [0.717, 1.165) is 11.3 Å². The van der Waals surface area contributed by atoms with Crippen LogP contribution >= 0.6 is 0 Å². The molecule has 0 N–H and O–H groups in total. The Bertz CT molecular complexity index is 476. The lowest BCUT2D eigenvalue weighted by Gasteiger charge is -2.05. The summed E-state index contributed by atoms with van der Waals surface area (Å²) in [6.07, 6.45) is 3.45. The number of allylic oxidation sites excluding steroid dienone is 1. The lowest BCUT2D eigenvalue weighted by atomic mass is 10.2. The predicted octanol–water partition coefficient (Wildman–Crippen LogP) is 2.75. The summed E-state index contributed by atoms with van der Waals surface area (Å²) in [5.74, 6) is -0.322. The van der Waals surface area contributed by atoms with Crippen LogP contribution in [-0.2, 0) is 9.53 Å². The van der Waals surface area contributed by atoms with Crippen molar-refractivity contribution < 1.29 is 9.53 Å². The highest BCUT2D eigenvalue weighted by Crippen LogP contribution is 2.09. The number of rotatable bonds is 4. The number of aromatic nitrogens is 1. The number of carbonyl (C=O) groups excluding carboxylic acids is 1. The summed E-state index contributed by atoms with van der Waals surface area (Å²) in [4.78, 5) is 20.0. The molecule has 0 saturated heterocycles. The van der Waals surface area contributed by atoms with E-state index in [2.05, 4.69) is 9.98 Å². The summed E-state index contributed by atoms with van der Waals surface area (Å²) in [7, 11) is 0. The average molecular weight is 246 g/mol. The third-order valence-corrected chi connectivity index (χ3v) is 2.54. The van der Waals surface area contributed by atoms with E-state index in [4.69, 9.17) is 4.74 Å². The Kier molecular flexibility index (Phi) is 5.24. The first-order chi connectivity index (χ1) is 8.56. The van der Waals surface area contributed by atoms with Crippen LogP contribution in [0.2, 0.25) is 0 Å². The molecule has 0 unspecified atom stereocenters. The van der Waals surface area contributed by atoms with Crippen LogP contribution in [0.15, 0.2) is 40.8 Å². The number of carbonyl (C=O) groups is 1. The largest absolute Gasteiger partial charge is 0.463 e. The highest BCUT2D eigenvalue weighted by Gasteiger charge is 2.08. The zero-order valence-corrected chi connectivity index (χ0v) is 11.2. The Hall–Kier alpha value is -1.97. The molecule has 96 valence electrons. The van der Waals surface area contributed by atoms with Crippen molar-refractivity contribution in [3.05, 3.63) is 41.4 Å². The van der Waals surface area contributed by atoms with Gasteiger partial charge in [-0.3, -0.25) is 9.98 Å². The molecule has 0 spiro atoms. The van der Waals surface area contributed by atoms with Crippen molar-refractivity contribution in [1.29, 1.82) is 0 Å². The van der Waals surface area contributed by atoms with E-state index in [1.54, 1.807) is 33.2 Å². The van der Waals surface area contributed by atoms with Crippen LogP contribution in [0.1, 0.15) is 33.3 Å². The number of esters is 1. The fourth-order valence-electron chi connectivity index (χ4n) is 1.36. The van der Waals surface area contributed by atoms with E-state index < -0.39 is 0 Å². The molecule has 0 atom stereocenters. The van der Waals surface area contributed by atoms with Crippen molar-refractivity contribution in [2.24, 2.45) is 4.99 Å². The van der Waals surface area contributed by atoms with Crippen LogP contribution in [0.3, 0.4) is 0 Å². The minimum atomic E-state index is -0.322. The molecule has 1 aromatic rings. The third-order valence-electron chi connectivity index (χ3n) is 2.54. The molecule has 0 radical (unpaired) electrons. The molecule has 0 aliphatic heterocycles. The second-order valence-electron chi connectivity index (χ2n) is 3.87. The molecule has 4 heteroatoms. The maximum Gasteiger partial charge on any atom is 0.335 e. The SMILES string of the molecule is CCOC(=O)/C(C)=C(\C)N=C(C)c1cccnc1. The molecular weight excluding hydrogens is 228 g/mol. The van der Waals surface area contributed by atoms with E-state index in [1.165, 1.54) is 0 Å². The molecule has 0 aliphatic rings. The molecule has 1 aromatic heterocycles. The van der Waals surface area contributed by atoms with Crippen LogP contribution < -0.4 is 0 Å². The number of nitrogens with zero attached hydrogens (tertiary/aromatic N) is 2. The first kappa shape index (κ1) is 14.1. The van der Waals surface area contributed by atoms with Crippen molar-refractivity contribution >= 4 is 11.7 Å². The second kappa shape index (κ2) is 6.69. The Morgan fingerprint density at radius 2 is 2.11 bits per heavy atom. The van der Waals surface area contributed by atoms with Crippen molar-refractivity contribution in [2.45, 2.75) is 27.7 Å². The fraction of sp³-hybridized carbons (Fsp3) is 0.357. The number of hydrogen-bond acceptors (Lipinski definition) is 4. The molecule has 4 nitrogen and oxygen atoms in total. The van der Waals surface area contributed by atoms with Crippen LogP contribution in [0.5, 0.6) is 0 Å². The van der Waals surface area contributed by atoms with Crippen LogP contribution in [0.25, 0.3) is 0 Å². The van der Waals surface area contributed by atoms with Gasteiger partial charge in [0.15, 0.2) is 0 Å². The quantitative estimate of drug-likeness (QED) is 0.466. The lowest BCUT2D eigenvalue weighted by Crippen LogP contribution is -2.07. The zero-order chi connectivity index (χ0) is 13.5. The van der Waals surface area contributed by atoms with Crippen molar-refractivity contribution in [2.75, 3.05) is 6.61 Å². The fourth-order valence-corrected chi connectivity index (χ4v) is 1.36. The summed E-state index contributed by atoms with van der Waals surface area (Å²) < 4.78 is 4.93. The first-order valence-corrected chi connectivity index (χ1v) is 5.86. The molecule has 0 amide bonds. The number of pyridine rings is 1. The van der Waals surface area contributed by atoms with Gasteiger partial charge in [-0.15, -0.1) is 0 Å². The third kappa shape index (κ3) is 3.80. The van der Waals surface area contributed by atoms with Gasteiger partial charge in [-0.05, 0) is 33.8 Å². The van der Waals surface area contributed by atoms with Gasteiger partial charge in [-0.1, -0.05) is 6.07 Å². The predicted molar refractivity (Wildman–Crippen MR) is 71.5 cm³/mol. The van der Waals surface area contributed by atoms with Gasteiger partial charge in [0.2, 0.25) is 0 Å². The first-order valence-electron chi connectivity index (χ1n) is 5.86. The topological polar surface area (TPSA) is 51.5 Å². The highest BCUT2D eigenvalue weighted by atomic mass is 16.5. The van der Waals surface area contributed by atoms with Gasteiger partial charge < -0.3 is 4.74 Å². The molecule has 1 heterocycles. The Balaban J connectivity index is 2.95.